The van der Waals surface area contributed by atoms with Crippen molar-refractivity contribution in [2.45, 2.75) is 17.9 Å². The van der Waals surface area contributed by atoms with Crippen LogP contribution in [0.25, 0.3) is 11.1 Å². The number of hydrogen-bond donors (Lipinski definition) is 2. The van der Waals surface area contributed by atoms with E-state index in [4.69, 9.17) is 9.94 Å². The molecule has 0 saturated heterocycles. The maximum absolute atomic E-state index is 13.5. The molecular formula is C22H22N2O5S. The number of amides is 1. The highest BCUT2D eigenvalue weighted by atomic mass is 32.2. The SMILES string of the molecule is COc1cccc(N(C(C)C(=O)NO)S(=O)(=O)c2ccc(-c3ccccc3)cc2)c1. The lowest BCUT2D eigenvalue weighted by atomic mass is 10.1. The summed E-state index contributed by atoms with van der Waals surface area (Å²) in [6.45, 7) is 1.39. The molecule has 0 bridgehead atoms. The fraction of sp³-hybridized carbons (Fsp3) is 0.136. The van der Waals surface area contributed by atoms with Crippen LogP contribution in [0.2, 0.25) is 0 Å². The molecular weight excluding hydrogens is 404 g/mol. The van der Waals surface area contributed by atoms with Gasteiger partial charge in [-0.1, -0.05) is 48.5 Å². The molecule has 3 rings (SSSR count). The number of carbonyl (C=O) groups is 1. The Morgan fingerprint density at radius 1 is 0.967 bits per heavy atom. The largest absolute Gasteiger partial charge is 0.497 e. The smallest absolute Gasteiger partial charge is 0.266 e. The van der Waals surface area contributed by atoms with Gasteiger partial charge in [0.05, 0.1) is 17.7 Å². The summed E-state index contributed by atoms with van der Waals surface area (Å²) in [6, 6.07) is 21.1. The van der Waals surface area contributed by atoms with E-state index in [1.807, 2.05) is 30.3 Å². The Balaban J connectivity index is 2.06. The molecule has 3 aromatic carbocycles. The lowest BCUT2D eigenvalue weighted by Crippen LogP contribution is -2.47. The van der Waals surface area contributed by atoms with Gasteiger partial charge in [0.2, 0.25) is 0 Å². The van der Waals surface area contributed by atoms with Crippen LogP contribution in [0.4, 0.5) is 5.69 Å². The van der Waals surface area contributed by atoms with Crippen molar-refractivity contribution < 1.29 is 23.2 Å². The zero-order chi connectivity index (χ0) is 21.7. The molecule has 8 heteroatoms. The van der Waals surface area contributed by atoms with Crippen molar-refractivity contribution in [2.24, 2.45) is 0 Å². The minimum Gasteiger partial charge on any atom is -0.497 e. The maximum Gasteiger partial charge on any atom is 0.266 e. The first-order valence-electron chi connectivity index (χ1n) is 9.16. The van der Waals surface area contributed by atoms with Crippen molar-refractivity contribution in [3.8, 4) is 16.9 Å². The summed E-state index contributed by atoms with van der Waals surface area (Å²) < 4.78 is 33.1. The predicted octanol–water partition coefficient (Wildman–Crippen LogP) is 3.45. The average molecular weight is 426 g/mol. The highest BCUT2D eigenvalue weighted by molar-refractivity contribution is 7.93. The number of nitrogens with zero attached hydrogens (tertiary/aromatic N) is 1. The van der Waals surface area contributed by atoms with Crippen molar-refractivity contribution in [3.63, 3.8) is 0 Å². The van der Waals surface area contributed by atoms with Crippen LogP contribution in [0.3, 0.4) is 0 Å². The van der Waals surface area contributed by atoms with Gasteiger partial charge in [0.15, 0.2) is 0 Å². The number of methoxy groups -OCH3 is 1. The Kier molecular flexibility index (Phi) is 6.39. The monoisotopic (exact) mass is 426 g/mol. The molecule has 1 amide bonds. The van der Waals surface area contributed by atoms with Gasteiger partial charge in [-0.3, -0.25) is 14.3 Å². The quantitative estimate of drug-likeness (QED) is 0.446. The first-order valence-corrected chi connectivity index (χ1v) is 10.6. The molecule has 0 aliphatic rings. The molecule has 1 unspecified atom stereocenters. The van der Waals surface area contributed by atoms with Crippen LogP contribution in [0.1, 0.15) is 6.92 Å². The lowest BCUT2D eigenvalue weighted by Gasteiger charge is -2.29. The third kappa shape index (κ3) is 4.29. The number of rotatable bonds is 7. The highest BCUT2D eigenvalue weighted by Gasteiger charge is 2.33. The van der Waals surface area contributed by atoms with E-state index < -0.39 is 22.0 Å². The van der Waals surface area contributed by atoms with Crippen LogP contribution in [0.15, 0.2) is 83.8 Å². The van der Waals surface area contributed by atoms with E-state index in [9.17, 15) is 13.2 Å². The molecule has 156 valence electrons. The Labute approximate surface area is 175 Å². The van der Waals surface area contributed by atoms with E-state index in [0.29, 0.717) is 5.75 Å². The lowest BCUT2D eigenvalue weighted by molar-refractivity contribution is -0.129. The standard InChI is InChI=1S/C22H22N2O5S/c1-16(22(25)23-26)24(19-9-6-10-20(15-19)29-2)30(27,28)21-13-11-18(12-14-21)17-7-4-3-5-8-17/h3-16,26H,1-2H3,(H,23,25). The summed E-state index contributed by atoms with van der Waals surface area (Å²) in [7, 11) is -2.66. The zero-order valence-corrected chi connectivity index (χ0v) is 17.3. The van der Waals surface area contributed by atoms with Gasteiger partial charge < -0.3 is 4.74 Å². The van der Waals surface area contributed by atoms with Crippen LogP contribution >= 0.6 is 0 Å². The fourth-order valence-electron chi connectivity index (χ4n) is 3.08. The molecule has 30 heavy (non-hydrogen) atoms. The molecule has 3 aromatic rings. The van der Waals surface area contributed by atoms with Gasteiger partial charge in [-0.25, -0.2) is 13.9 Å². The van der Waals surface area contributed by atoms with E-state index in [0.717, 1.165) is 15.4 Å². The van der Waals surface area contributed by atoms with Crippen LogP contribution in [-0.2, 0) is 14.8 Å². The van der Waals surface area contributed by atoms with Gasteiger partial charge in [0, 0.05) is 6.07 Å². The molecule has 0 radical (unpaired) electrons. The Morgan fingerprint density at radius 3 is 2.20 bits per heavy atom. The number of sulfonamides is 1. The highest BCUT2D eigenvalue weighted by Crippen LogP contribution is 2.30. The Bertz CT molecular complexity index is 1120. The first kappa shape index (κ1) is 21.4. The summed E-state index contributed by atoms with van der Waals surface area (Å²) in [4.78, 5) is 12.1. The van der Waals surface area contributed by atoms with Crippen molar-refractivity contribution in [1.29, 1.82) is 0 Å². The summed E-state index contributed by atoms with van der Waals surface area (Å²) in [6.07, 6.45) is 0. The van der Waals surface area contributed by atoms with Gasteiger partial charge in [-0.05, 0) is 42.3 Å². The molecule has 0 spiro atoms. The molecule has 0 heterocycles. The maximum atomic E-state index is 13.5. The topological polar surface area (TPSA) is 95.9 Å². The molecule has 0 aliphatic heterocycles. The van der Waals surface area contributed by atoms with Crippen molar-refractivity contribution in [1.82, 2.24) is 5.48 Å². The normalized spacial score (nSPS) is 12.1. The second kappa shape index (κ2) is 8.98. The molecule has 2 N–H and O–H groups in total. The zero-order valence-electron chi connectivity index (χ0n) is 16.5. The number of nitrogens with one attached hydrogen (secondary N) is 1. The predicted molar refractivity (Wildman–Crippen MR) is 114 cm³/mol. The van der Waals surface area contributed by atoms with Crippen LogP contribution < -0.4 is 14.5 Å². The number of benzene rings is 3. The Morgan fingerprint density at radius 2 is 1.60 bits per heavy atom. The van der Waals surface area contributed by atoms with Crippen molar-refractivity contribution in [3.05, 3.63) is 78.9 Å². The van der Waals surface area contributed by atoms with Gasteiger partial charge in [0.25, 0.3) is 15.9 Å². The summed E-state index contributed by atoms with van der Waals surface area (Å²) in [5.74, 6) is -0.425. The van der Waals surface area contributed by atoms with E-state index in [-0.39, 0.29) is 10.6 Å². The number of hydrogen-bond acceptors (Lipinski definition) is 5. The molecule has 7 nitrogen and oxygen atoms in total. The summed E-state index contributed by atoms with van der Waals surface area (Å²) in [5, 5.41) is 9.05. The van der Waals surface area contributed by atoms with Gasteiger partial charge in [-0.15, -0.1) is 0 Å². The average Bonchev–Trinajstić information content (AvgIpc) is 2.79. The fourth-order valence-corrected chi connectivity index (χ4v) is 4.69. The molecule has 0 saturated carbocycles. The Hall–Kier alpha value is -3.36. The summed E-state index contributed by atoms with van der Waals surface area (Å²) >= 11 is 0. The van der Waals surface area contributed by atoms with Crippen LogP contribution in [-0.4, -0.2) is 32.7 Å². The number of anilines is 1. The second-order valence-electron chi connectivity index (χ2n) is 6.54. The summed E-state index contributed by atoms with van der Waals surface area (Å²) in [5.41, 5.74) is 3.58. The van der Waals surface area contributed by atoms with E-state index in [1.165, 1.54) is 37.7 Å². The minimum atomic E-state index is -4.13. The molecule has 0 fully saturated rings. The molecule has 0 aromatic heterocycles. The van der Waals surface area contributed by atoms with Gasteiger partial charge in [-0.2, -0.15) is 0 Å². The minimum absolute atomic E-state index is 0.0163. The van der Waals surface area contributed by atoms with E-state index >= 15 is 0 Å². The first-order chi connectivity index (χ1) is 14.4. The molecule has 1 atom stereocenters. The van der Waals surface area contributed by atoms with Crippen LogP contribution in [0, 0.1) is 0 Å². The second-order valence-corrected chi connectivity index (χ2v) is 8.36. The number of carbonyl (C=O) groups excluding carboxylic acids is 1. The number of hydroxylamine groups is 1. The molecule has 0 aliphatic carbocycles. The third-order valence-electron chi connectivity index (χ3n) is 4.67. The number of ether oxygens (including phenoxy) is 1. The van der Waals surface area contributed by atoms with E-state index in [1.54, 1.807) is 30.3 Å². The van der Waals surface area contributed by atoms with Gasteiger partial charge >= 0.3 is 0 Å². The van der Waals surface area contributed by atoms with Gasteiger partial charge in [0.1, 0.15) is 11.8 Å². The van der Waals surface area contributed by atoms with Crippen LogP contribution in [0.5, 0.6) is 5.75 Å². The van der Waals surface area contributed by atoms with E-state index in [2.05, 4.69) is 0 Å². The van der Waals surface area contributed by atoms with Crippen molar-refractivity contribution >= 4 is 21.6 Å². The van der Waals surface area contributed by atoms with Crippen molar-refractivity contribution in [2.75, 3.05) is 11.4 Å². The third-order valence-corrected chi connectivity index (χ3v) is 6.58.